The molecule has 0 aliphatic carbocycles. The Morgan fingerprint density at radius 2 is 1.83 bits per heavy atom. The highest BCUT2D eigenvalue weighted by Crippen LogP contribution is 2.25. The molecule has 0 spiro atoms. The van der Waals surface area contributed by atoms with Crippen LogP contribution in [0.25, 0.3) is 0 Å². The molecule has 0 radical (unpaired) electrons. The number of benzene rings is 1. The van der Waals surface area contributed by atoms with E-state index in [0.29, 0.717) is 16.8 Å². The molecular formula is C12H17N3O2S. The highest BCUT2D eigenvalue weighted by atomic mass is 32.2. The number of sulfonamides is 1. The SMILES string of the molecule is Cc1cc(N)cc(C)c1S(=O)(=O)N(C)CCC#N. The van der Waals surface area contributed by atoms with Gasteiger partial charge in [0, 0.05) is 25.7 Å². The van der Waals surface area contributed by atoms with Gasteiger partial charge in [0.2, 0.25) is 10.0 Å². The standard InChI is InChI=1S/C12H17N3O2S/c1-9-7-11(14)8-10(2)12(9)18(16,17)15(3)6-4-5-13/h7-8H,4,6,14H2,1-3H3. The van der Waals surface area contributed by atoms with Crippen molar-refractivity contribution in [3.63, 3.8) is 0 Å². The lowest BCUT2D eigenvalue weighted by Gasteiger charge is -2.19. The van der Waals surface area contributed by atoms with Crippen molar-refractivity contribution in [1.29, 1.82) is 5.26 Å². The third kappa shape index (κ3) is 2.81. The van der Waals surface area contributed by atoms with Gasteiger partial charge in [0.05, 0.1) is 11.0 Å². The molecule has 0 aromatic heterocycles. The van der Waals surface area contributed by atoms with Crippen LogP contribution in [0.2, 0.25) is 0 Å². The van der Waals surface area contributed by atoms with Gasteiger partial charge in [-0.25, -0.2) is 8.42 Å². The molecule has 0 aliphatic heterocycles. The maximum absolute atomic E-state index is 12.4. The normalized spacial score (nSPS) is 11.5. The van der Waals surface area contributed by atoms with Crippen molar-refractivity contribution in [2.24, 2.45) is 0 Å². The Hall–Kier alpha value is -1.58. The average molecular weight is 267 g/mol. The fourth-order valence-electron chi connectivity index (χ4n) is 1.87. The van der Waals surface area contributed by atoms with Crippen molar-refractivity contribution in [1.82, 2.24) is 4.31 Å². The predicted molar refractivity (Wildman–Crippen MR) is 70.4 cm³/mol. The first-order valence-corrected chi connectivity index (χ1v) is 6.94. The number of nitrogen functional groups attached to an aromatic ring is 1. The molecule has 1 aromatic rings. The Morgan fingerprint density at radius 1 is 1.33 bits per heavy atom. The smallest absolute Gasteiger partial charge is 0.243 e. The number of rotatable bonds is 4. The van der Waals surface area contributed by atoms with Crippen molar-refractivity contribution >= 4 is 15.7 Å². The van der Waals surface area contributed by atoms with Gasteiger partial charge in [0.1, 0.15) is 0 Å². The molecule has 0 bridgehead atoms. The summed E-state index contributed by atoms with van der Waals surface area (Å²) in [7, 11) is -2.09. The number of nitriles is 1. The third-order valence-corrected chi connectivity index (χ3v) is 4.85. The van der Waals surface area contributed by atoms with Gasteiger partial charge in [-0.05, 0) is 37.1 Å². The van der Waals surface area contributed by atoms with Gasteiger partial charge in [-0.15, -0.1) is 0 Å². The lowest BCUT2D eigenvalue weighted by atomic mass is 10.1. The van der Waals surface area contributed by atoms with Crippen LogP contribution in [0.5, 0.6) is 0 Å². The van der Waals surface area contributed by atoms with Crippen LogP contribution in [0.3, 0.4) is 0 Å². The lowest BCUT2D eigenvalue weighted by Crippen LogP contribution is -2.29. The summed E-state index contributed by atoms with van der Waals surface area (Å²) in [4.78, 5) is 0.275. The Balaban J connectivity index is 3.26. The molecule has 98 valence electrons. The van der Waals surface area contributed by atoms with Gasteiger partial charge < -0.3 is 5.73 Å². The number of anilines is 1. The first-order valence-electron chi connectivity index (χ1n) is 5.50. The molecule has 18 heavy (non-hydrogen) atoms. The molecule has 0 saturated heterocycles. The Kier molecular flexibility index (Phi) is 4.33. The Morgan fingerprint density at radius 3 is 2.28 bits per heavy atom. The number of nitrogens with two attached hydrogens (primary N) is 1. The van der Waals surface area contributed by atoms with Crippen molar-refractivity contribution in [3.05, 3.63) is 23.3 Å². The highest BCUT2D eigenvalue weighted by molar-refractivity contribution is 7.89. The number of aryl methyl sites for hydroxylation is 2. The molecule has 0 atom stereocenters. The van der Waals surface area contributed by atoms with Crippen LogP contribution >= 0.6 is 0 Å². The topological polar surface area (TPSA) is 87.2 Å². The van der Waals surface area contributed by atoms with Crippen molar-refractivity contribution < 1.29 is 8.42 Å². The molecule has 0 saturated carbocycles. The average Bonchev–Trinajstić information content (AvgIpc) is 2.23. The van der Waals surface area contributed by atoms with Gasteiger partial charge in [0.25, 0.3) is 0 Å². The molecule has 1 rings (SSSR count). The molecule has 6 heteroatoms. The van der Waals surface area contributed by atoms with Crippen molar-refractivity contribution in [2.75, 3.05) is 19.3 Å². The van der Waals surface area contributed by atoms with Gasteiger partial charge in [-0.3, -0.25) is 0 Å². The Bertz CT molecular complexity index is 565. The van der Waals surface area contributed by atoms with E-state index in [4.69, 9.17) is 11.0 Å². The van der Waals surface area contributed by atoms with E-state index in [-0.39, 0.29) is 17.9 Å². The second kappa shape index (κ2) is 5.38. The fraction of sp³-hybridized carbons (Fsp3) is 0.417. The molecule has 1 aromatic carbocycles. The molecule has 0 unspecified atom stereocenters. The van der Waals surface area contributed by atoms with E-state index < -0.39 is 10.0 Å². The minimum Gasteiger partial charge on any atom is -0.399 e. The number of hydrogen-bond donors (Lipinski definition) is 1. The largest absolute Gasteiger partial charge is 0.399 e. The summed E-state index contributed by atoms with van der Waals surface area (Å²) in [6, 6.07) is 5.21. The fourth-order valence-corrected chi connectivity index (χ4v) is 3.45. The van der Waals surface area contributed by atoms with Crippen LogP contribution in [-0.2, 0) is 10.0 Å². The van der Waals surface area contributed by atoms with Gasteiger partial charge >= 0.3 is 0 Å². The minimum atomic E-state index is -3.56. The molecule has 0 heterocycles. The predicted octanol–water partition coefficient (Wildman–Crippen LogP) is 1.42. The Labute approximate surface area is 108 Å². The number of nitrogens with zero attached hydrogens (tertiary/aromatic N) is 2. The summed E-state index contributed by atoms with van der Waals surface area (Å²) < 4.78 is 25.9. The van der Waals surface area contributed by atoms with Crippen LogP contribution in [0.4, 0.5) is 5.69 Å². The van der Waals surface area contributed by atoms with Crippen molar-refractivity contribution in [3.8, 4) is 6.07 Å². The van der Waals surface area contributed by atoms with E-state index in [2.05, 4.69) is 0 Å². The second-order valence-electron chi connectivity index (χ2n) is 4.22. The van der Waals surface area contributed by atoms with Crippen LogP contribution in [-0.4, -0.2) is 26.3 Å². The summed E-state index contributed by atoms with van der Waals surface area (Å²) in [5.41, 5.74) is 7.46. The lowest BCUT2D eigenvalue weighted by molar-refractivity contribution is 0.475. The summed E-state index contributed by atoms with van der Waals surface area (Å²) in [5.74, 6) is 0. The van der Waals surface area contributed by atoms with E-state index in [1.165, 1.54) is 11.4 Å². The van der Waals surface area contributed by atoms with E-state index >= 15 is 0 Å². The van der Waals surface area contributed by atoms with Gasteiger partial charge in [-0.2, -0.15) is 9.57 Å². The summed E-state index contributed by atoms with van der Waals surface area (Å²) in [5, 5.41) is 8.51. The van der Waals surface area contributed by atoms with Crippen molar-refractivity contribution in [2.45, 2.75) is 25.2 Å². The zero-order chi connectivity index (χ0) is 13.9. The molecule has 2 N–H and O–H groups in total. The minimum absolute atomic E-state index is 0.169. The van der Waals surface area contributed by atoms with Gasteiger partial charge in [-0.1, -0.05) is 0 Å². The molecule has 0 aliphatic rings. The first-order chi connectivity index (χ1) is 8.30. The van der Waals surface area contributed by atoms with Crippen LogP contribution in [0, 0.1) is 25.2 Å². The van der Waals surface area contributed by atoms with E-state index in [1.807, 2.05) is 6.07 Å². The maximum atomic E-state index is 12.4. The van der Waals surface area contributed by atoms with E-state index in [9.17, 15) is 8.42 Å². The zero-order valence-electron chi connectivity index (χ0n) is 10.8. The van der Waals surface area contributed by atoms with Crippen LogP contribution in [0.1, 0.15) is 17.5 Å². The highest BCUT2D eigenvalue weighted by Gasteiger charge is 2.24. The summed E-state index contributed by atoms with van der Waals surface area (Å²) >= 11 is 0. The summed E-state index contributed by atoms with van der Waals surface area (Å²) in [6.07, 6.45) is 0.169. The molecular weight excluding hydrogens is 250 g/mol. The third-order valence-electron chi connectivity index (χ3n) is 2.69. The van der Waals surface area contributed by atoms with E-state index in [0.717, 1.165) is 0 Å². The first kappa shape index (κ1) is 14.5. The quantitative estimate of drug-likeness (QED) is 0.836. The van der Waals surface area contributed by atoms with E-state index in [1.54, 1.807) is 26.0 Å². The monoisotopic (exact) mass is 267 g/mol. The zero-order valence-corrected chi connectivity index (χ0v) is 11.6. The second-order valence-corrected chi connectivity index (χ2v) is 6.20. The maximum Gasteiger partial charge on any atom is 0.243 e. The van der Waals surface area contributed by atoms with Crippen LogP contribution in [0.15, 0.2) is 17.0 Å². The van der Waals surface area contributed by atoms with Gasteiger partial charge in [0.15, 0.2) is 0 Å². The molecule has 0 amide bonds. The summed E-state index contributed by atoms with van der Waals surface area (Å²) in [6.45, 7) is 3.62. The van der Waals surface area contributed by atoms with Crippen LogP contribution < -0.4 is 5.73 Å². The molecule has 5 nitrogen and oxygen atoms in total. The molecule has 0 fully saturated rings. The number of hydrogen-bond acceptors (Lipinski definition) is 4.